The monoisotopic (exact) mass is 432 g/mol. The van der Waals surface area contributed by atoms with Crippen LogP contribution in [0.1, 0.15) is 27.1 Å². The molecule has 1 saturated heterocycles. The molecule has 3 N–H and O–H groups in total. The van der Waals surface area contributed by atoms with E-state index in [9.17, 15) is 33.5 Å². The number of imide groups is 1. The molecule has 3 rings (SSSR count). The number of halogens is 1. The molecule has 3 amide bonds. The molecule has 0 aromatic heterocycles. The first-order valence-corrected chi connectivity index (χ1v) is 9.26. The number of nitrogens with zero attached hydrogens (tertiary/aromatic N) is 1. The summed E-state index contributed by atoms with van der Waals surface area (Å²) < 4.78 is 13.1. The molecule has 1 aliphatic heterocycles. The molecule has 0 saturated carbocycles. The van der Waals surface area contributed by atoms with Gasteiger partial charge in [-0.05, 0) is 54.2 Å². The summed E-state index contributed by atoms with van der Waals surface area (Å²) in [5, 5.41) is 18.8. The number of hydrogen-bond donors (Lipinski definition) is 3. The molecule has 154 valence electrons. The van der Waals surface area contributed by atoms with Crippen LogP contribution in [-0.2, 0) is 9.59 Å². The van der Waals surface area contributed by atoms with Gasteiger partial charge in [0.15, 0.2) is 0 Å². The van der Waals surface area contributed by atoms with E-state index in [1.54, 1.807) is 0 Å². The Morgan fingerprint density at radius 1 is 1.03 bits per heavy atom. The fraction of sp³-hybridized carbons (Fsp3) is 0.105. The van der Waals surface area contributed by atoms with Gasteiger partial charge in [0.25, 0.3) is 5.24 Å². The van der Waals surface area contributed by atoms with Crippen LogP contribution in [0, 0.1) is 5.82 Å². The van der Waals surface area contributed by atoms with E-state index in [0.29, 0.717) is 11.8 Å². The number of carboxylic acid groups (broad SMARTS) is 2. The standard InChI is InChI=1S/C19H13FN2O7S/c20-10-2-4-11(5-3-10)22-16(24)14(30-19(22)29)8-15(23)21-13-7-9(17(25)26)1-6-12(13)18(27)28/h1-7,14H,8H2,(H,21,23)(H,25,26)(H,27,28). The molecule has 1 aliphatic rings. The highest BCUT2D eigenvalue weighted by Crippen LogP contribution is 2.33. The minimum Gasteiger partial charge on any atom is -0.478 e. The smallest absolute Gasteiger partial charge is 0.337 e. The van der Waals surface area contributed by atoms with E-state index in [1.165, 1.54) is 12.1 Å². The largest absolute Gasteiger partial charge is 0.478 e. The topological polar surface area (TPSA) is 141 Å². The molecule has 1 fully saturated rings. The molecule has 0 aliphatic carbocycles. The number of nitrogens with one attached hydrogen (secondary N) is 1. The summed E-state index contributed by atoms with van der Waals surface area (Å²) in [5.41, 5.74) is -0.657. The second-order valence-corrected chi connectivity index (χ2v) is 7.30. The van der Waals surface area contributed by atoms with Crippen molar-refractivity contribution in [2.24, 2.45) is 0 Å². The molecule has 2 aromatic carbocycles. The third-order valence-corrected chi connectivity index (χ3v) is 5.19. The normalized spacial score (nSPS) is 15.9. The molecule has 0 spiro atoms. The average molecular weight is 432 g/mol. The van der Waals surface area contributed by atoms with Crippen molar-refractivity contribution in [3.63, 3.8) is 0 Å². The van der Waals surface area contributed by atoms with Crippen LogP contribution >= 0.6 is 11.8 Å². The summed E-state index contributed by atoms with van der Waals surface area (Å²) in [4.78, 5) is 60.3. The Morgan fingerprint density at radius 3 is 2.30 bits per heavy atom. The SMILES string of the molecule is O=C(CC1SC(=O)N(c2ccc(F)cc2)C1=O)Nc1cc(C(=O)O)ccc1C(=O)O. The molecular weight excluding hydrogens is 419 g/mol. The van der Waals surface area contributed by atoms with Gasteiger partial charge in [-0.1, -0.05) is 0 Å². The summed E-state index contributed by atoms with van der Waals surface area (Å²) >= 11 is 0.611. The predicted molar refractivity (Wildman–Crippen MR) is 104 cm³/mol. The number of carbonyl (C=O) groups excluding carboxylic acids is 3. The lowest BCUT2D eigenvalue weighted by molar-refractivity contribution is -0.121. The van der Waals surface area contributed by atoms with E-state index in [2.05, 4.69) is 5.32 Å². The highest BCUT2D eigenvalue weighted by Gasteiger charge is 2.41. The van der Waals surface area contributed by atoms with Gasteiger partial charge in [0.2, 0.25) is 11.8 Å². The Kier molecular flexibility index (Phi) is 5.83. The van der Waals surface area contributed by atoms with Crippen molar-refractivity contribution in [3.05, 3.63) is 59.4 Å². The summed E-state index contributed by atoms with van der Waals surface area (Å²) in [6, 6.07) is 7.79. The van der Waals surface area contributed by atoms with Crippen LogP contribution in [0.2, 0.25) is 0 Å². The maximum Gasteiger partial charge on any atom is 0.337 e. The zero-order valence-corrected chi connectivity index (χ0v) is 15.8. The van der Waals surface area contributed by atoms with Crippen LogP contribution in [0.25, 0.3) is 0 Å². The number of carbonyl (C=O) groups is 5. The van der Waals surface area contributed by atoms with Gasteiger partial charge >= 0.3 is 11.9 Å². The van der Waals surface area contributed by atoms with Crippen LogP contribution in [0.15, 0.2) is 42.5 Å². The van der Waals surface area contributed by atoms with Crippen molar-refractivity contribution >= 4 is 52.1 Å². The lowest BCUT2D eigenvalue weighted by Gasteiger charge is -2.14. The van der Waals surface area contributed by atoms with Crippen molar-refractivity contribution in [2.45, 2.75) is 11.7 Å². The van der Waals surface area contributed by atoms with Gasteiger partial charge in [-0.3, -0.25) is 14.4 Å². The van der Waals surface area contributed by atoms with Crippen molar-refractivity contribution < 1.29 is 38.6 Å². The third-order valence-electron chi connectivity index (χ3n) is 4.15. The Morgan fingerprint density at radius 2 is 1.70 bits per heavy atom. The minimum atomic E-state index is -1.38. The highest BCUT2D eigenvalue weighted by molar-refractivity contribution is 8.15. The van der Waals surface area contributed by atoms with Crippen molar-refractivity contribution in [1.82, 2.24) is 0 Å². The molecule has 1 unspecified atom stereocenters. The number of carboxylic acids is 2. The maximum absolute atomic E-state index is 13.1. The summed E-state index contributed by atoms with van der Waals surface area (Å²) in [7, 11) is 0. The number of rotatable bonds is 6. The molecule has 2 aromatic rings. The number of thioether (sulfide) groups is 1. The van der Waals surface area contributed by atoms with E-state index in [0.717, 1.165) is 35.2 Å². The van der Waals surface area contributed by atoms with Gasteiger partial charge in [0.05, 0.1) is 22.5 Å². The molecule has 11 heteroatoms. The second-order valence-electron chi connectivity index (χ2n) is 6.15. The zero-order valence-electron chi connectivity index (χ0n) is 15.0. The first-order valence-electron chi connectivity index (χ1n) is 8.38. The quantitative estimate of drug-likeness (QED) is 0.633. The Balaban J connectivity index is 1.75. The molecule has 1 atom stereocenters. The van der Waals surface area contributed by atoms with Gasteiger partial charge in [-0.2, -0.15) is 0 Å². The molecule has 0 radical (unpaired) electrons. The number of aromatic carboxylic acids is 2. The third kappa shape index (κ3) is 4.30. The Bertz CT molecular complexity index is 1070. The Labute approximate surface area is 172 Å². The number of hydrogen-bond acceptors (Lipinski definition) is 6. The van der Waals surface area contributed by atoms with Gasteiger partial charge in [-0.15, -0.1) is 0 Å². The fourth-order valence-corrected chi connectivity index (χ4v) is 3.73. The lowest BCUT2D eigenvalue weighted by atomic mass is 10.1. The van der Waals surface area contributed by atoms with Gasteiger partial charge in [0.1, 0.15) is 11.1 Å². The van der Waals surface area contributed by atoms with Gasteiger partial charge in [-0.25, -0.2) is 18.9 Å². The van der Waals surface area contributed by atoms with E-state index >= 15 is 0 Å². The zero-order chi connectivity index (χ0) is 22.0. The highest BCUT2D eigenvalue weighted by atomic mass is 32.2. The average Bonchev–Trinajstić information content (AvgIpc) is 2.95. The molecule has 1 heterocycles. The minimum absolute atomic E-state index is 0.157. The number of anilines is 2. The maximum atomic E-state index is 13.1. The predicted octanol–water partition coefficient (Wildman–Crippen LogP) is 2.82. The van der Waals surface area contributed by atoms with Crippen molar-refractivity contribution in [2.75, 3.05) is 10.2 Å². The van der Waals surface area contributed by atoms with E-state index < -0.39 is 46.5 Å². The number of benzene rings is 2. The van der Waals surface area contributed by atoms with Crippen LogP contribution in [0.4, 0.5) is 20.6 Å². The summed E-state index contributed by atoms with van der Waals surface area (Å²) in [6.45, 7) is 0. The molecule has 9 nitrogen and oxygen atoms in total. The molecule has 30 heavy (non-hydrogen) atoms. The fourth-order valence-electron chi connectivity index (χ4n) is 2.75. The van der Waals surface area contributed by atoms with Gasteiger partial charge in [0, 0.05) is 6.42 Å². The first kappa shape index (κ1) is 21.0. The summed E-state index contributed by atoms with van der Waals surface area (Å²) in [5.74, 6) is -4.70. The van der Waals surface area contributed by atoms with E-state index in [1.807, 2.05) is 0 Å². The summed E-state index contributed by atoms with van der Waals surface area (Å²) in [6.07, 6.45) is -0.455. The van der Waals surface area contributed by atoms with Crippen LogP contribution in [-0.4, -0.2) is 44.5 Å². The van der Waals surface area contributed by atoms with Crippen molar-refractivity contribution in [1.29, 1.82) is 0 Å². The second kappa shape index (κ2) is 8.33. The van der Waals surface area contributed by atoms with Crippen LogP contribution in [0.5, 0.6) is 0 Å². The van der Waals surface area contributed by atoms with Gasteiger partial charge < -0.3 is 15.5 Å². The van der Waals surface area contributed by atoms with E-state index in [4.69, 9.17) is 5.11 Å². The van der Waals surface area contributed by atoms with Crippen LogP contribution < -0.4 is 10.2 Å². The Hall–Kier alpha value is -3.73. The van der Waals surface area contributed by atoms with E-state index in [-0.39, 0.29) is 22.5 Å². The lowest BCUT2D eigenvalue weighted by Crippen LogP contribution is -2.33. The van der Waals surface area contributed by atoms with Crippen LogP contribution in [0.3, 0.4) is 0 Å². The molecule has 0 bridgehead atoms. The molecular formula is C19H13FN2O7S. The van der Waals surface area contributed by atoms with Crippen molar-refractivity contribution in [3.8, 4) is 0 Å². The first-order chi connectivity index (χ1) is 14.2. The number of amides is 3.